The minimum absolute atomic E-state index is 0.0267. The Bertz CT molecular complexity index is 1260. The molecule has 0 bridgehead atoms. The molecule has 3 aromatic rings. The van der Waals surface area contributed by atoms with Crippen LogP contribution >= 0.6 is 11.6 Å². The van der Waals surface area contributed by atoms with Crippen LogP contribution in [-0.4, -0.2) is 36.7 Å². The van der Waals surface area contributed by atoms with Gasteiger partial charge in [-0.3, -0.25) is 14.9 Å². The van der Waals surface area contributed by atoms with E-state index >= 15 is 0 Å². The Morgan fingerprint density at radius 1 is 1.11 bits per heavy atom. The summed E-state index contributed by atoms with van der Waals surface area (Å²) < 4.78 is 25.4. The summed E-state index contributed by atoms with van der Waals surface area (Å²) in [4.78, 5) is 24.8. The predicted molar refractivity (Wildman–Crippen MR) is 140 cm³/mol. The molecule has 0 aliphatic rings. The van der Waals surface area contributed by atoms with E-state index in [1.165, 1.54) is 36.5 Å². The van der Waals surface area contributed by atoms with E-state index < -0.39 is 23.3 Å². The summed E-state index contributed by atoms with van der Waals surface area (Å²) in [5, 5.41) is 15.3. The number of rotatable bonds is 12. The first kappa shape index (κ1) is 27.4. The van der Waals surface area contributed by atoms with Gasteiger partial charge in [0.1, 0.15) is 18.2 Å². The van der Waals surface area contributed by atoms with Gasteiger partial charge < -0.3 is 14.4 Å². The van der Waals surface area contributed by atoms with Crippen LogP contribution in [0, 0.1) is 15.9 Å². The lowest BCUT2D eigenvalue weighted by atomic mass is 10.1. The van der Waals surface area contributed by atoms with Crippen molar-refractivity contribution in [1.82, 2.24) is 5.43 Å². The van der Waals surface area contributed by atoms with Gasteiger partial charge in [0.25, 0.3) is 5.91 Å². The third-order valence-electron chi connectivity index (χ3n) is 5.37. The highest BCUT2D eigenvalue weighted by Gasteiger charge is 2.15. The van der Waals surface area contributed by atoms with Crippen LogP contribution in [0.3, 0.4) is 0 Å². The van der Waals surface area contributed by atoms with E-state index in [0.717, 1.165) is 18.8 Å². The Labute approximate surface area is 218 Å². The molecule has 0 atom stereocenters. The molecule has 37 heavy (non-hydrogen) atoms. The number of hydrogen-bond donors (Lipinski definition) is 1. The summed E-state index contributed by atoms with van der Waals surface area (Å²) in [6.07, 6.45) is 1.38. The number of anilines is 1. The SMILES string of the molecule is CCN(CC)c1ccc(/C=N\NC(=O)COc2ccccc2[N+](=O)[O-])c(OCc2c(F)cccc2Cl)c1. The molecule has 0 radical (unpaired) electrons. The number of amides is 1. The monoisotopic (exact) mass is 528 g/mol. The molecule has 3 aromatic carbocycles. The maximum absolute atomic E-state index is 14.2. The fourth-order valence-electron chi connectivity index (χ4n) is 3.44. The molecular weight excluding hydrogens is 503 g/mol. The molecule has 1 N–H and O–H groups in total. The molecule has 0 saturated heterocycles. The average molecular weight is 529 g/mol. The Kier molecular flexibility index (Phi) is 9.79. The van der Waals surface area contributed by atoms with Crippen LogP contribution in [0.25, 0.3) is 0 Å². The lowest BCUT2D eigenvalue weighted by Crippen LogP contribution is -2.24. The first-order valence-electron chi connectivity index (χ1n) is 11.5. The van der Waals surface area contributed by atoms with Gasteiger partial charge in [0.05, 0.1) is 16.2 Å². The number of nitro groups is 1. The Balaban J connectivity index is 1.72. The van der Waals surface area contributed by atoms with Crippen LogP contribution < -0.4 is 19.8 Å². The summed E-state index contributed by atoms with van der Waals surface area (Å²) in [5.74, 6) is -0.706. The molecule has 3 rings (SSSR count). The van der Waals surface area contributed by atoms with Gasteiger partial charge in [-0.15, -0.1) is 0 Å². The predicted octanol–water partition coefficient (Wildman–Crippen LogP) is 5.34. The number of benzene rings is 3. The quantitative estimate of drug-likeness (QED) is 0.193. The molecular formula is C26H26ClFN4O5. The third kappa shape index (κ3) is 7.40. The highest BCUT2D eigenvalue weighted by molar-refractivity contribution is 6.31. The molecule has 0 fully saturated rings. The maximum Gasteiger partial charge on any atom is 0.310 e. The van der Waals surface area contributed by atoms with Crippen LogP contribution in [-0.2, 0) is 11.4 Å². The van der Waals surface area contributed by atoms with Crippen molar-refractivity contribution in [3.63, 3.8) is 0 Å². The van der Waals surface area contributed by atoms with Crippen molar-refractivity contribution >= 4 is 35.1 Å². The van der Waals surface area contributed by atoms with Crippen LogP contribution in [0.2, 0.25) is 5.02 Å². The highest BCUT2D eigenvalue weighted by Crippen LogP contribution is 2.28. The standard InChI is InChI=1S/C26H26ClFN4O5/c1-3-31(4-2)19-13-12-18(25(14-19)36-16-20-21(27)8-7-9-22(20)28)15-29-30-26(33)17-37-24-11-6-5-10-23(24)32(34)35/h5-15H,3-4,16-17H2,1-2H3,(H,30,33)/b29-15-. The van der Waals surface area contributed by atoms with E-state index in [-0.39, 0.29) is 28.6 Å². The summed E-state index contributed by atoms with van der Waals surface area (Å²) >= 11 is 6.13. The second kappa shape index (κ2) is 13.2. The van der Waals surface area contributed by atoms with Crippen molar-refractivity contribution in [2.75, 3.05) is 24.6 Å². The number of hydrazone groups is 1. The summed E-state index contributed by atoms with van der Waals surface area (Å²) in [7, 11) is 0. The van der Waals surface area contributed by atoms with Gasteiger partial charge >= 0.3 is 5.69 Å². The molecule has 11 heteroatoms. The number of ether oxygens (including phenoxy) is 2. The average Bonchev–Trinajstić information content (AvgIpc) is 2.89. The van der Waals surface area contributed by atoms with Crippen LogP contribution in [0.5, 0.6) is 11.5 Å². The van der Waals surface area contributed by atoms with Gasteiger partial charge in [-0.1, -0.05) is 29.8 Å². The zero-order valence-electron chi connectivity index (χ0n) is 20.3. The van der Waals surface area contributed by atoms with Crippen molar-refractivity contribution < 1.29 is 23.6 Å². The van der Waals surface area contributed by atoms with E-state index in [2.05, 4.69) is 15.4 Å². The van der Waals surface area contributed by atoms with Crippen LogP contribution in [0.4, 0.5) is 15.8 Å². The molecule has 0 aromatic heterocycles. The van der Waals surface area contributed by atoms with Crippen molar-refractivity contribution in [1.29, 1.82) is 0 Å². The minimum Gasteiger partial charge on any atom is -0.488 e. The minimum atomic E-state index is -0.616. The lowest BCUT2D eigenvalue weighted by Gasteiger charge is -2.22. The number of halogens is 2. The van der Waals surface area contributed by atoms with Crippen molar-refractivity contribution in [3.8, 4) is 11.5 Å². The Morgan fingerprint density at radius 3 is 2.57 bits per heavy atom. The van der Waals surface area contributed by atoms with Gasteiger partial charge in [-0.25, -0.2) is 9.82 Å². The van der Waals surface area contributed by atoms with Gasteiger partial charge in [0, 0.05) is 42.0 Å². The number of carbonyl (C=O) groups excluding carboxylic acids is 1. The fraction of sp³-hybridized carbons (Fsp3) is 0.231. The zero-order chi connectivity index (χ0) is 26.8. The maximum atomic E-state index is 14.2. The van der Waals surface area contributed by atoms with E-state index in [1.54, 1.807) is 18.2 Å². The van der Waals surface area contributed by atoms with Crippen LogP contribution in [0.1, 0.15) is 25.0 Å². The number of nitro benzene ring substituents is 1. The highest BCUT2D eigenvalue weighted by atomic mass is 35.5. The first-order valence-corrected chi connectivity index (χ1v) is 11.8. The molecule has 1 amide bonds. The first-order chi connectivity index (χ1) is 17.8. The third-order valence-corrected chi connectivity index (χ3v) is 5.73. The van der Waals surface area contributed by atoms with Gasteiger partial charge in [-0.2, -0.15) is 5.10 Å². The van der Waals surface area contributed by atoms with Crippen molar-refractivity contribution in [2.24, 2.45) is 5.10 Å². The molecule has 0 aliphatic heterocycles. The smallest absolute Gasteiger partial charge is 0.310 e. The second-order valence-corrected chi connectivity index (χ2v) is 8.10. The number of para-hydroxylation sites is 2. The number of hydrogen-bond acceptors (Lipinski definition) is 7. The Morgan fingerprint density at radius 2 is 1.86 bits per heavy atom. The molecule has 9 nitrogen and oxygen atoms in total. The van der Waals surface area contributed by atoms with Crippen molar-refractivity contribution in [2.45, 2.75) is 20.5 Å². The summed E-state index contributed by atoms with van der Waals surface area (Å²) in [6, 6.07) is 15.6. The number of nitrogens with zero attached hydrogens (tertiary/aromatic N) is 3. The van der Waals surface area contributed by atoms with Crippen molar-refractivity contribution in [3.05, 3.63) is 92.7 Å². The number of nitrogens with one attached hydrogen (secondary N) is 1. The second-order valence-electron chi connectivity index (χ2n) is 7.69. The molecule has 0 spiro atoms. The molecule has 0 saturated carbocycles. The fourth-order valence-corrected chi connectivity index (χ4v) is 3.66. The molecule has 194 valence electrons. The summed E-state index contributed by atoms with van der Waals surface area (Å²) in [5.41, 5.74) is 3.73. The number of carbonyl (C=O) groups is 1. The topological polar surface area (TPSA) is 106 Å². The molecule has 0 aliphatic carbocycles. The van der Waals surface area contributed by atoms with E-state index in [4.69, 9.17) is 21.1 Å². The van der Waals surface area contributed by atoms with E-state index in [9.17, 15) is 19.3 Å². The van der Waals surface area contributed by atoms with E-state index in [1.807, 2.05) is 26.0 Å². The largest absolute Gasteiger partial charge is 0.488 e. The lowest BCUT2D eigenvalue weighted by molar-refractivity contribution is -0.385. The van der Waals surface area contributed by atoms with E-state index in [0.29, 0.717) is 11.3 Å². The van der Waals surface area contributed by atoms with Gasteiger partial charge in [0.2, 0.25) is 0 Å². The van der Waals surface area contributed by atoms with Gasteiger partial charge in [0.15, 0.2) is 12.4 Å². The van der Waals surface area contributed by atoms with Crippen LogP contribution in [0.15, 0.2) is 65.8 Å². The summed E-state index contributed by atoms with van der Waals surface area (Å²) in [6.45, 7) is 5.03. The molecule has 0 unspecified atom stereocenters. The zero-order valence-corrected chi connectivity index (χ0v) is 21.1. The Hall–Kier alpha value is -4.18. The van der Waals surface area contributed by atoms with Gasteiger partial charge in [-0.05, 0) is 44.2 Å². The normalized spacial score (nSPS) is 10.8. The molecule has 0 heterocycles.